The maximum absolute atomic E-state index is 11.4. The number of benzene rings is 1. The molecule has 1 aromatic carbocycles. The van der Waals surface area contributed by atoms with Crippen LogP contribution in [0.3, 0.4) is 0 Å². The summed E-state index contributed by atoms with van der Waals surface area (Å²) in [5.41, 5.74) is 0.315. The number of ether oxygens (including phenoxy) is 1. The van der Waals surface area contributed by atoms with E-state index in [0.29, 0.717) is 5.69 Å². The molecule has 7 nitrogen and oxygen atoms in total. The van der Waals surface area contributed by atoms with Crippen molar-refractivity contribution in [2.75, 3.05) is 11.9 Å². The van der Waals surface area contributed by atoms with E-state index in [1.165, 1.54) is 36.4 Å². The average molecular weight is 264 g/mol. The topological polar surface area (TPSA) is 98.5 Å². The van der Waals surface area contributed by atoms with Crippen molar-refractivity contribution < 1.29 is 19.2 Å². The summed E-state index contributed by atoms with van der Waals surface area (Å²) < 4.78 is 4.63. The van der Waals surface area contributed by atoms with Gasteiger partial charge in [0.25, 0.3) is 11.6 Å². The Hall–Kier alpha value is -2.70. The van der Waals surface area contributed by atoms with E-state index in [2.05, 4.69) is 10.1 Å². The molecule has 0 fully saturated rings. The molecule has 1 N–H and O–H groups in total. The van der Waals surface area contributed by atoms with Crippen LogP contribution < -0.4 is 5.32 Å². The highest BCUT2D eigenvalue weighted by Gasteiger charge is 2.07. The van der Waals surface area contributed by atoms with Crippen molar-refractivity contribution in [2.45, 2.75) is 6.92 Å². The van der Waals surface area contributed by atoms with Crippen LogP contribution >= 0.6 is 0 Å². The number of nitrogens with zero attached hydrogens (tertiary/aromatic N) is 1. The molecule has 0 radical (unpaired) electrons. The Morgan fingerprint density at radius 3 is 2.53 bits per heavy atom. The Labute approximate surface area is 109 Å². The Morgan fingerprint density at radius 1 is 1.37 bits per heavy atom. The molecule has 1 rings (SSSR count). The van der Waals surface area contributed by atoms with Crippen LogP contribution in [0.1, 0.15) is 6.92 Å². The van der Waals surface area contributed by atoms with E-state index in [4.69, 9.17) is 0 Å². The zero-order valence-electron chi connectivity index (χ0n) is 10.2. The molecular formula is C12H12N2O5. The summed E-state index contributed by atoms with van der Waals surface area (Å²) in [4.78, 5) is 32.2. The fourth-order valence-corrected chi connectivity index (χ4v) is 1.18. The Bertz CT molecular complexity index is 507. The molecule has 7 heteroatoms. The molecule has 0 aliphatic carbocycles. The number of carbonyl (C=O) groups is 2. The van der Waals surface area contributed by atoms with Gasteiger partial charge >= 0.3 is 5.97 Å². The molecule has 0 saturated carbocycles. The van der Waals surface area contributed by atoms with E-state index in [-0.39, 0.29) is 5.69 Å². The van der Waals surface area contributed by atoms with E-state index < -0.39 is 23.4 Å². The maximum Gasteiger partial charge on any atom is 0.330 e. The number of nitrogens with one attached hydrogen (secondary N) is 1. The fourth-order valence-electron chi connectivity index (χ4n) is 1.18. The number of rotatable bonds is 5. The first-order valence-electron chi connectivity index (χ1n) is 5.36. The van der Waals surface area contributed by atoms with Gasteiger partial charge in [-0.1, -0.05) is 6.08 Å². The quantitative estimate of drug-likeness (QED) is 0.377. The second-order valence-corrected chi connectivity index (χ2v) is 3.46. The smallest absolute Gasteiger partial charge is 0.330 e. The van der Waals surface area contributed by atoms with Gasteiger partial charge < -0.3 is 10.1 Å². The number of hydrogen-bond donors (Lipinski definition) is 1. The van der Waals surface area contributed by atoms with Crippen LogP contribution in [0.15, 0.2) is 36.4 Å². The Balaban J connectivity index is 2.48. The minimum absolute atomic E-state index is 0.0718. The Morgan fingerprint density at radius 2 is 2.00 bits per heavy atom. The van der Waals surface area contributed by atoms with Gasteiger partial charge in [0.2, 0.25) is 0 Å². The highest BCUT2D eigenvalue weighted by atomic mass is 16.6. The SMILES string of the molecule is C/C=C/C(=O)OCC(=O)Nc1ccc([N+](=O)[O-])cc1. The lowest BCUT2D eigenvalue weighted by Crippen LogP contribution is -2.20. The number of esters is 1. The van der Waals surface area contributed by atoms with E-state index in [0.717, 1.165) is 0 Å². The highest BCUT2D eigenvalue weighted by molar-refractivity contribution is 5.93. The molecule has 100 valence electrons. The lowest BCUT2D eigenvalue weighted by Gasteiger charge is -2.04. The summed E-state index contributed by atoms with van der Waals surface area (Å²) in [5, 5.41) is 12.9. The van der Waals surface area contributed by atoms with Crippen molar-refractivity contribution in [3.8, 4) is 0 Å². The standard InChI is InChI=1S/C12H12N2O5/c1-2-3-12(16)19-8-11(15)13-9-4-6-10(7-5-9)14(17)18/h2-7H,8H2,1H3,(H,13,15)/b3-2+. The van der Waals surface area contributed by atoms with Crippen LogP contribution in [-0.2, 0) is 14.3 Å². The van der Waals surface area contributed by atoms with Crippen LogP contribution in [0.5, 0.6) is 0 Å². The van der Waals surface area contributed by atoms with Gasteiger partial charge in [0.05, 0.1) is 4.92 Å². The van der Waals surface area contributed by atoms with Gasteiger partial charge in [-0.05, 0) is 19.1 Å². The van der Waals surface area contributed by atoms with Gasteiger partial charge in [-0.2, -0.15) is 0 Å². The van der Waals surface area contributed by atoms with Crippen molar-refractivity contribution in [3.63, 3.8) is 0 Å². The van der Waals surface area contributed by atoms with Crippen LogP contribution in [0, 0.1) is 10.1 Å². The summed E-state index contributed by atoms with van der Waals surface area (Å²) >= 11 is 0. The average Bonchev–Trinajstić information content (AvgIpc) is 2.37. The maximum atomic E-state index is 11.4. The Kier molecular flexibility index (Phi) is 5.21. The fraction of sp³-hybridized carbons (Fsp3) is 0.167. The van der Waals surface area contributed by atoms with Crippen LogP contribution in [-0.4, -0.2) is 23.4 Å². The lowest BCUT2D eigenvalue weighted by atomic mass is 10.3. The first-order chi connectivity index (χ1) is 9.02. The van der Waals surface area contributed by atoms with Gasteiger partial charge in [0.1, 0.15) is 0 Å². The van der Waals surface area contributed by atoms with Gasteiger partial charge in [-0.15, -0.1) is 0 Å². The third-order valence-corrected chi connectivity index (χ3v) is 2.01. The molecule has 0 heterocycles. The molecule has 0 unspecified atom stereocenters. The summed E-state index contributed by atoms with van der Waals surface area (Å²) in [6.45, 7) is 1.23. The first kappa shape index (κ1) is 14.4. The molecule has 0 aromatic heterocycles. The summed E-state index contributed by atoms with van der Waals surface area (Å²) in [7, 11) is 0. The number of nitro groups is 1. The number of nitro benzene ring substituents is 1. The molecule has 1 amide bonds. The third kappa shape index (κ3) is 4.99. The van der Waals surface area contributed by atoms with Gasteiger partial charge in [-0.25, -0.2) is 4.79 Å². The van der Waals surface area contributed by atoms with E-state index in [1.54, 1.807) is 6.92 Å². The van der Waals surface area contributed by atoms with Crippen molar-refractivity contribution in [3.05, 3.63) is 46.5 Å². The van der Waals surface area contributed by atoms with E-state index in [9.17, 15) is 19.7 Å². The van der Waals surface area contributed by atoms with Crippen molar-refractivity contribution in [1.82, 2.24) is 0 Å². The number of non-ortho nitro benzene ring substituents is 1. The third-order valence-electron chi connectivity index (χ3n) is 2.01. The van der Waals surface area contributed by atoms with Crippen molar-refractivity contribution in [2.24, 2.45) is 0 Å². The minimum Gasteiger partial charge on any atom is -0.452 e. The van der Waals surface area contributed by atoms with Crippen LogP contribution in [0.4, 0.5) is 11.4 Å². The predicted molar refractivity (Wildman–Crippen MR) is 67.5 cm³/mol. The minimum atomic E-state index is -0.610. The normalized spacial score (nSPS) is 10.2. The second kappa shape index (κ2) is 6.90. The number of anilines is 1. The van der Waals surface area contributed by atoms with Crippen LogP contribution in [0.2, 0.25) is 0 Å². The van der Waals surface area contributed by atoms with Gasteiger partial charge in [0.15, 0.2) is 6.61 Å². The molecule has 1 aromatic rings. The molecule has 0 aliphatic heterocycles. The second-order valence-electron chi connectivity index (χ2n) is 3.46. The summed E-state index contributed by atoms with van der Waals surface area (Å²) in [6.07, 6.45) is 2.69. The molecule has 0 saturated heterocycles. The zero-order chi connectivity index (χ0) is 14.3. The molecule has 0 aliphatic rings. The first-order valence-corrected chi connectivity index (χ1v) is 5.36. The van der Waals surface area contributed by atoms with Crippen molar-refractivity contribution >= 4 is 23.3 Å². The van der Waals surface area contributed by atoms with Gasteiger partial charge in [-0.3, -0.25) is 14.9 Å². The summed E-state index contributed by atoms with van der Waals surface area (Å²) in [6, 6.07) is 5.32. The van der Waals surface area contributed by atoms with E-state index in [1.807, 2.05) is 0 Å². The largest absolute Gasteiger partial charge is 0.452 e. The predicted octanol–water partition coefficient (Wildman–Crippen LogP) is 1.65. The van der Waals surface area contributed by atoms with Crippen molar-refractivity contribution in [1.29, 1.82) is 0 Å². The molecule has 0 atom stereocenters. The monoisotopic (exact) mass is 264 g/mol. The summed E-state index contributed by atoms with van der Waals surface area (Å²) in [5.74, 6) is -1.13. The number of allylic oxidation sites excluding steroid dienone is 1. The van der Waals surface area contributed by atoms with E-state index >= 15 is 0 Å². The molecule has 0 bridgehead atoms. The number of amides is 1. The zero-order valence-corrected chi connectivity index (χ0v) is 10.2. The number of carbonyl (C=O) groups excluding carboxylic acids is 2. The molecule has 19 heavy (non-hydrogen) atoms. The highest BCUT2D eigenvalue weighted by Crippen LogP contribution is 2.15. The number of hydrogen-bond acceptors (Lipinski definition) is 5. The molecule has 0 spiro atoms. The lowest BCUT2D eigenvalue weighted by molar-refractivity contribution is -0.384. The van der Waals surface area contributed by atoms with Gasteiger partial charge in [0, 0.05) is 23.9 Å². The molecular weight excluding hydrogens is 252 g/mol. The van der Waals surface area contributed by atoms with Crippen LogP contribution in [0.25, 0.3) is 0 Å².